The second-order valence-corrected chi connectivity index (χ2v) is 7.00. The number of carbonyl (C=O) groups excluding carboxylic acids is 1. The molecule has 1 aliphatic heterocycles. The number of aliphatic imine (C=N–C) groups is 1. The number of rotatable bonds is 8. The van der Waals surface area contributed by atoms with Gasteiger partial charge in [-0.1, -0.05) is 30.3 Å². The molecule has 0 aliphatic carbocycles. The zero-order valence-corrected chi connectivity index (χ0v) is 19.6. The van der Waals surface area contributed by atoms with Crippen LogP contribution in [0.3, 0.4) is 0 Å². The summed E-state index contributed by atoms with van der Waals surface area (Å²) in [5, 5.41) is 3.42. The summed E-state index contributed by atoms with van der Waals surface area (Å²) in [6.45, 7) is 6.43. The van der Waals surface area contributed by atoms with Crippen LogP contribution in [0, 0.1) is 0 Å². The van der Waals surface area contributed by atoms with E-state index in [4.69, 9.17) is 4.74 Å². The van der Waals surface area contributed by atoms with Crippen molar-refractivity contribution >= 4 is 35.8 Å². The predicted octanol–water partition coefficient (Wildman–Crippen LogP) is 1.49. The lowest BCUT2D eigenvalue weighted by Crippen LogP contribution is -2.42. The minimum absolute atomic E-state index is 0. The van der Waals surface area contributed by atoms with Crippen LogP contribution < -0.4 is 5.32 Å². The molecule has 7 nitrogen and oxygen atoms in total. The minimum atomic E-state index is -0.00396. The van der Waals surface area contributed by atoms with Crippen molar-refractivity contribution < 1.29 is 9.53 Å². The van der Waals surface area contributed by atoms with Crippen LogP contribution in [0.5, 0.6) is 0 Å². The van der Waals surface area contributed by atoms with E-state index in [0.29, 0.717) is 0 Å². The largest absolute Gasteiger partial charge is 0.379 e. The highest BCUT2D eigenvalue weighted by atomic mass is 127. The fourth-order valence-corrected chi connectivity index (χ4v) is 2.86. The van der Waals surface area contributed by atoms with Gasteiger partial charge in [0.1, 0.15) is 6.54 Å². The Morgan fingerprint density at radius 1 is 1.18 bits per heavy atom. The number of nitrogens with zero attached hydrogens (tertiary/aromatic N) is 4. The minimum Gasteiger partial charge on any atom is -0.379 e. The standard InChI is InChI=1S/C20H33N5O2.HI/c1-23(2)19(26)16-22-20(24(3)17-18-8-5-4-6-9-18)21-10-7-11-25-12-14-27-15-13-25;/h4-6,8-9H,7,10-17H2,1-3H3,(H,21,22);1H. The number of hydrogen-bond donors (Lipinski definition) is 1. The molecule has 0 saturated carbocycles. The fourth-order valence-electron chi connectivity index (χ4n) is 2.86. The van der Waals surface area contributed by atoms with E-state index in [1.54, 1.807) is 19.0 Å². The summed E-state index contributed by atoms with van der Waals surface area (Å²) >= 11 is 0. The molecule has 1 aromatic rings. The number of hydrogen-bond acceptors (Lipinski definition) is 4. The summed E-state index contributed by atoms with van der Waals surface area (Å²) in [5.41, 5.74) is 1.21. The second-order valence-electron chi connectivity index (χ2n) is 7.00. The zero-order chi connectivity index (χ0) is 19.5. The summed E-state index contributed by atoms with van der Waals surface area (Å²) in [6.07, 6.45) is 1.03. The molecule has 0 bridgehead atoms. The Morgan fingerprint density at radius 3 is 2.50 bits per heavy atom. The molecule has 0 aromatic heterocycles. The van der Waals surface area contributed by atoms with E-state index in [1.807, 2.05) is 25.2 Å². The molecular formula is C20H34IN5O2. The van der Waals surface area contributed by atoms with Gasteiger partial charge in [0.15, 0.2) is 5.96 Å². The lowest BCUT2D eigenvalue weighted by Gasteiger charge is -2.27. The van der Waals surface area contributed by atoms with Gasteiger partial charge in [-0.2, -0.15) is 0 Å². The second kappa shape index (κ2) is 13.7. The first kappa shape index (κ1) is 24.6. The maximum absolute atomic E-state index is 11.9. The third kappa shape index (κ3) is 9.20. The third-order valence-corrected chi connectivity index (χ3v) is 4.52. The molecule has 1 aliphatic rings. The number of benzene rings is 1. The molecule has 1 N–H and O–H groups in total. The van der Waals surface area contributed by atoms with E-state index >= 15 is 0 Å². The molecule has 0 radical (unpaired) electrons. The van der Waals surface area contributed by atoms with Gasteiger partial charge in [-0.25, -0.2) is 4.99 Å². The predicted molar refractivity (Wildman–Crippen MR) is 124 cm³/mol. The number of ether oxygens (including phenoxy) is 1. The first-order valence-electron chi connectivity index (χ1n) is 9.60. The molecule has 28 heavy (non-hydrogen) atoms. The average Bonchev–Trinajstić information content (AvgIpc) is 2.68. The van der Waals surface area contributed by atoms with Gasteiger partial charge in [0.25, 0.3) is 0 Å². The Labute approximate surface area is 186 Å². The highest BCUT2D eigenvalue weighted by molar-refractivity contribution is 14.0. The zero-order valence-electron chi connectivity index (χ0n) is 17.3. The Hall–Kier alpha value is -1.39. The van der Waals surface area contributed by atoms with Crippen LogP contribution >= 0.6 is 24.0 Å². The van der Waals surface area contributed by atoms with E-state index in [-0.39, 0.29) is 36.4 Å². The first-order valence-corrected chi connectivity index (χ1v) is 9.60. The monoisotopic (exact) mass is 503 g/mol. The number of morpholine rings is 1. The molecule has 2 rings (SSSR count). The van der Waals surface area contributed by atoms with Crippen LogP contribution in [-0.4, -0.2) is 93.6 Å². The van der Waals surface area contributed by atoms with Crippen molar-refractivity contribution in [2.45, 2.75) is 13.0 Å². The highest BCUT2D eigenvalue weighted by Crippen LogP contribution is 2.03. The highest BCUT2D eigenvalue weighted by Gasteiger charge is 2.11. The Kier molecular flexibility index (Phi) is 12.1. The lowest BCUT2D eigenvalue weighted by molar-refractivity contribution is -0.127. The molecule has 0 unspecified atom stereocenters. The quantitative estimate of drug-likeness (QED) is 0.252. The van der Waals surface area contributed by atoms with E-state index < -0.39 is 0 Å². The molecule has 8 heteroatoms. The van der Waals surface area contributed by atoms with E-state index in [1.165, 1.54) is 5.56 Å². The van der Waals surface area contributed by atoms with Gasteiger partial charge in [0.2, 0.25) is 5.91 Å². The van der Waals surface area contributed by atoms with Gasteiger partial charge in [0.05, 0.1) is 13.2 Å². The number of carbonyl (C=O) groups is 1. The van der Waals surface area contributed by atoms with Crippen LogP contribution in [0.1, 0.15) is 12.0 Å². The van der Waals surface area contributed by atoms with Crippen molar-refractivity contribution in [1.29, 1.82) is 0 Å². The maximum Gasteiger partial charge on any atom is 0.243 e. The molecule has 1 amide bonds. The fraction of sp³-hybridized carbons (Fsp3) is 0.600. The van der Waals surface area contributed by atoms with Crippen molar-refractivity contribution in [3.8, 4) is 0 Å². The van der Waals surface area contributed by atoms with E-state index in [9.17, 15) is 4.79 Å². The van der Waals surface area contributed by atoms with Crippen LogP contribution in [0.15, 0.2) is 35.3 Å². The number of halogens is 1. The Morgan fingerprint density at radius 2 is 1.86 bits per heavy atom. The molecular weight excluding hydrogens is 469 g/mol. The van der Waals surface area contributed by atoms with Gasteiger partial charge in [0, 0.05) is 47.3 Å². The summed E-state index contributed by atoms with van der Waals surface area (Å²) in [7, 11) is 5.50. The molecule has 1 fully saturated rings. The first-order chi connectivity index (χ1) is 13.1. The molecule has 1 heterocycles. The van der Waals surface area contributed by atoms with Gasteiger partial charge in [-0.3, -0.25) is 9.69 Å². The maximum atomic E-state index is 11.9. The Bertz CT molecular complexity index is 592. The summed E-state index contributed by atoms with van der Waals surface area (Å²) in [6, 6.07) is 10.3. The molecule has 1 saturated heterocycles. The van der Waals surface area contributed by atoms with E-state index in [2.05, 4.69) is 32.2 Å². The number of likely N-dealkylation sites (N-methyl/N-ethyl adjacent to an activating group) is 1. The number of nitrogens with one attached hydrogen (secondary N) is 1. The summed E-state index contributed by atoms with van der Waals surface area (Å²) in [4.78, 5) is 22.5. The van der Waals surface area contributed by atoms with Gasteiger partial charge in [-0.05, 0) is 18.5 Å². The Balaban J connectivity index is 0.00000392. The van der Waals surface area contributed by atoms with Gasteiger partial charge >= 0.3 is 0 Å². The van der Waals surface area contributed by atoms with Crippen molar-refractivity contribution in [3.63, 3.8) is 0 Å². The van der Waals surface area contributed by atoms with Gasteiger partial charge in [-0.15, -0.1) is 24.0 Å². The van der Waals surface area contributed by atoms with Crippen LogP contribution in [0.2, 0.25) is 0 Å². The van der Waals surface area contributed by atoms with Crippen molar-refractivity contribution in [2.24, 2.45) is 4.99 Å². The van der Waals surface area contributed by atoms with Crippen LogP contribution in [0.4, 0.5) is 0 Å². The topological polar surface area (TPSA) is 60.4 Å². The molecule has 158 valence electrons. The van der Waals surface area contributed by atoms with Crippen LogP contribution in [0.25, 0.3) is 0 Å². The molecule has 0 atom stereocenters. The van der Waals surface area contributed by atoms with Crippen molar-refractivity contribution in [2.75, 3.05) is 67.1 Å². The average molecular weight is 503 g/mol. The smallest absolute Gasteiger partial charge is 0.243 e. The summed E-state index contributed by atoms with van der Waals surface area (Å²) in [5.74, 6) is 0.756. The molecule has 1 aromatic carbocycles. The number of guanidine groups is 1. The SMILES string of the molecule is CN(C)C(=O)CN=C(NCCCN1CCOCC1)N(C)Cc1ccccc1.I. The van der Waals surface area contributed by atoms with Crippen molar-refractivity contribution in [1.82, 2.24) is 20.0 Å². The summed E-state index contributed by atoms with van der Waals surface area (Å²) < 4.78 is 5.39. The number of amides is 1. The molecule has 0 spiro atoms. The lowest BCUT2D eigenvalue weighted by atomic mass is 10.2. The third-order valence-electron chi connectivity index (χ3n) is 4.52. The van der Waals surface area contributed by atoms with E-state index in [0.717, 1.165) is 58.3 Å². The van der Waals surface area contributed by atoms with Crippen molar-refractivity contribution in [3.05, 3.63) is 35.9 Å². The van der Waals surface area contributed by atoms with Crippen LogP contribution in [-0.2, 0) is 16.1 Å². The van der Waals surface area contributed by atoms with Gasteiger partial charge < -0.3 is 19.9 Å². The normalized spacial score (nSPS) is 14.9.